The van der Waals surface area contributed by atoms with E-state index in [-0.39, 0.29) is 18.2 Å². The van der Waals surface area contributed by atoms with Gasteiger partial charge in [-0.2, -0.15) is 0 Å². The molecule has 114 valence electrons. The van der Waals surface area contributed by atoms with E-state index in [9.17, 15) is 8.42 Å². The van der Waals surface area contributed by atoms with Crippen LogP contribution in [0.5, 0.6) is 0 Å². The number of rotatable bonds is 5. The number of sulfonamides is 1. The molecule has 1 aromatic rings. The molecule has 1 fully saturated rings. The lowest BCUT2D eigenvalue weighted by Crippen LogP contribution is -2.31. The van der Waals surface area contributed by atoms with Crippen LogP contribution >= 0.6 is 12.4 Å². The highest BCUT2D eigenvalue weighted by atomic mass is 35.5. The zero-order chi connectivity index (χ0) is 13.9. The molecule has 1 atom stereocenters. The molecule has 0 radical (unpaired) electrons. The normalized spacial score (nSPS) is 19.8. The Balaban J connectivity index is 0.00000200. The Morgan fingerprint density at radius 3 is 2.80 bits per heavy atom. The summed E-state index contributed by atoms with van der Waals surface area (Å²) in [4.78, 5) is 0. The minimum atomic E-state index is -3.18. The van der Waals surface area contributed by atoms with Crippen LogP contribution in [0.25, 0.3) is 0 Å². The molecular weight excluding hydrogens is 296 g/mol. The third-order valence-electron chi connectivity index (χ3n) is 3.57. The topological polar surface area (TPSA) is 49.4 Å². The molecule has 1 heterocycles. The predicted octanol–water partition coefficient (Wildman–Crippen LogP) is 1.79. The van der Waals surface area contributed by atoms with Crippen molar-refractivity contribution in [2.24, 2.45) is 5.92 Å². The van der Waals surface area contributed by atoms with Crippen molar-refractivity contribution in [2.75, 3.05) is 26.7 Å². The van der Waals surface area contributed by atoms with E-state index >= 15 is 0 Å². The summed E-state index contributed by atoms with van der Waals surface area (Å²) in [5, 5.41) is 3.12. The van der Waals surface area contributed by atoms with Gasteiger partial charge in [0.25, 0.3) is 0 Å². The SMILES string of the molecule is CNCC1CCN(S(=O)(=O)Cc2cccc(C)c2)C1.Cl. The summed E-state index contributed by atoms with van der Waals surface area (Å²) in [5.41, 5.74) is 1.97. The molecule has 4 nitrogen and oxygen atoms in total. The van der Waals surface area contributed by atoms with Crippen LogP contribution in [0.2, 0.25) is 0 Å². The molecule has 2 rings (SSSR count). The van der Waals surface area contributed by atoms with Crippen molar-refractivity contribution in [3.05, 3.63) is 35.4 Å². The number of benzene rings is 1. The van der Waals surface area contributed by atoms with Gasteiger partial charge in [-0.25, -0.2) is 12.7 Å². The van der Waals surface area contributed by atoms with Crippen molar-refractivity contribution in [2.45, 2.75) is 19.1 Å². The highest BCUT2D eigenvalue weighted by Gasteiger charge is 2.30. The van der Waals surface area contributed by atoms with Gasteiger partial charge in [-0.1, -0.05) is 29.8 Å². The van der Waals surface area contributed by atoms with Gasteiger partial charge < -0.3 is 5.32 Å². The molecule has 1 saturated heterocycles. The predicted molar refractivity (Wildman–Crippen MR) is 84.7 cm³/mol. The maximum atomic E-state index is 12.4. The second kappa shape index (κ2) is 7.41. The number of halogens is 1. The van der Waals surface area contributed by atoms with Gasteiger partial charge >= 0.3 is 0 Å². The molecule has 1 aromatic carbocycles. The first-order valence-electron chi connectivity index (χ1n) is 6.69. The molecule has 0 bridgehead atoms. The summed E-state index contributed by atoms with van der Waals surface area (Å²) >= 11 is 0. The number of nitrogens with zero attached hydrogens (tertiary/aromatic N) is 1. The highest BCUT2D eigenvalue weighted by Crippen LogP contribution is 2.21. The van der Waals surface area contributed by atoms with Crippen molar-refractivity contribution < 1.29 is 8.42 Å². The molecule has 0 spiro atoms. The van der Waals surface area contributed by atoms with Crippen LogP contribution in [-0.2, 0) is 15.8 Å². The van der Waals surface area contributed by atoms with E-state index in [0.29, 0.717) is 19.0 Å². The van der Waals surface area contributed by atoms with Gasteiger partial charge in [0.2, 0.25) is 10.0 Å². The molecule has 0 aliphatic carbocycles. The summed E-state index contributed by atoms with van der Waals surface area (Å²) in [6, 6.07) is 7.72. The summed E-state index contributed by atoms with van der Waals surface area (Å²) in [6.45, 7) is 4.17. The van der Waals surface area contributed by atoms with Gasteiger partial charge in [-0.3, -0.25) is 0 Å². The zero-order valence-corrected chi connectivity index (χ0v) is 13.6. The lowest BCUT2D eigenvalue weighted by atomic mass is 10.1. The van der Waals surface area contributed by atoms with Gasteiger partial charge in [-0.15, -0.1) is 12.4 Å². The Hall–Kier alpha value is -0.620. The van der Waals surface area contributed by atoms with Gasteiger partial charge in [0.05, 0.1) is 5.75 Å². The van der Waals surface area contributed by atoms with E-state index in [1.54, 1.807) is 4.31 Å². The number of hydrogen-bond acceptors (Lipinski definition) is 3. The minimum absolute atomic E-state index is 0. The lowest BCUT2D eigenvalue weighted by molar-refractivity contribution is 0.450. The van der Waals surface area contributed by atoms with E-state index in [2.05, 4.69) is 5.32 Å². The molecule has 20 heavy (non-hydrogen) atoms. The monoisotopic (exact) mass is 318 g/mol. The first-order chi connectivity index (χ1) is 9.01. The van der Waals surface area contributed by atoms with E-state index in [1.165, 1.54) is 0 Å². The van der Waals surface area contributed by atoms with Crippen molar-refractivity contribution in [1.82, 2.24) is 9.62 Å². The highest BCUT2D eigenvalue weighted by molar-refractivity contribution is 7.88. The van der Waals surface area contributed by atoms with Gasteiger partial charge in [-0.05, 0) is 38.4 Å². The first kappa shape index (κ1) is 17.4. The fourth-order valence-electron chi connectivity index (χ4n) is 2.61. The molecule has 1 aliphatic heterocycles. The smallest absolute Gasteiger partial charge is 0.218 e. The fourth-order valence-corrected chi connectivity index (χ4v) is 4.21. The van der Waals surface area contributed by atoms with Gasteiger partial charge in [0.15, 0.2) is 0 Å². The van der Waals surface area contributed by atoms with Crippen molar-refractivity contribution in [3.63, 3.8) is 0 Å². The summed E-state index contributed by atoms with van der Waals surface area (Å²) in [7, 11) is -1.27. The van der Waals surface area contributed by atoms with Gasteiger partial charge in [0.1, 0.15) is 0 Å². The molecule has 1 N–H and O–H groups in total. The van der Waals surface area contributed by atoms with E-state index in [0.717, 1.165) is 24.1 Å². The van der Waals surface area contributed by atoms with Gasteiger partial charge in [0, 0.05) is 13.1 Å². The van der Waals surface area contributed by atoms with Crippen molar-refractivity contribution in [1.29, 1.82) is 0 Å². The molecule has 0 saturated carbocycles. The zero-order valence-electron chi connectivity index (χ0n) is 12.0. The van der Waals surface area contributed by atoms with Crippen LogP contribution in [-0.4, -0.2) is 39.4 Å². The van der Waals surface area contributed by atoms with Crippen LogP contribution in [0, 0.1) is 12.8 Å². The van der Waals surface area contributed by atoms with Crippen LogP contribution < -0.4 is 5.32 Å². The van der Waals surface area contributed by atoms with E-state index < -0.39 is 10.0 Å². The maximum Gasteiger partial charge on any atom is 0.218 e. The lowest BCUT2D eigenvalue weighted by Gasteiger charge is -2.16. The van der Waals surface area contributed by atoms with E-state index in [4.69, 9.17) is 0 Å². The summed E-state index contributed by atoms with van der Waals surface area (Å²) < 4.78 is 26.4. The molecule has 1 unspecified atom stereocenters. The molecule has 6 heteroatoms. The average molecular weight is 319 g/mol. The van der Waals surface area contributed by atoms with E-state index in [1.807, 2.05) is 38.2 Å². The Morgan fingerprint density at radius 2 is 2.15 bits per heavy atom. The third-order valence-corrected chi connectivity index (χ3v) is 5.38. The quantitative estimate of drug-likeness (QED) is 0.900. The molecular formula is C14H23ClN2O2S. The fraction of sp³-hybridized carbons (Fsp3) is 0.571. The average Bonchev–Trinajstić information content (AvgIpc) is 2.78. The number of hydrogen-bond donors (Lipinski definition) is 1. The summed E-state index contributed by atoms with van der Waals surface area (Å²) in [5.74, 6) is 0.554. The second-order valence-electron chi connectivity index (χ2n) is 5.32. The second-order valence-corrected chi connectivity index (χ2v) is 7.28. The molecule has 0 aromatic heterocycles. The largest absolute Gasteiger partial charge is 0.319 e. The first-order valence-corrected chi connectivity index (χ1v) is 8.30. The van der Waals surface area contributed by atoms with Crippen LogP contribution in [0.15, 0.2) is 24.3 Å². The number of nitrogens with one attached hydrogen (secondary N) is 1. The molecule has 0 amide bonds. The third kappa shape index (κ3) is 4.45. The van der Waals surface area contributed by atoms with Crippen LogP contribution in [0.4, 0.5) is 0 Å². The Kier molecular flexibility index (Phi) is 6.45. The Labute approximate surface area is 128 Å². The standard InChI is InChI=1S/C14H22N2O2S.ClH/c1-12-4-3-5-13(8-12)11-19(17,18)16-7-6-14(10-16)9-15-2;/h3-5,8,14-15H,6-7,9-11H2,1-2H3;1H. The Bertz CT molecular complexity index is 534. The van der Waals surface area contributed by atoms with Crippen molar-refractivity contribution in [3.8, 4) is 0 Å². The van der Waals surface area contributed by atoms with Crippen molar-refractivity contribution >= 4 is 22.4 Å². The minimum Gasteiger partial charge on any atom is -0.319 e. The summed E-state index contributed by atoms with van der Waals surface area (Å²) in [6.07, 6.45) is 0.952. The Morgan fingerprint density at radius 1 is 1.40 bits per heavy atom. The van der Waals surface area contributed by atoms with Crippen LogP contribution in [0.3, 0.4) is 0 Å². The number of aryl methyl sites for hydroxylation is 1. The molecule has 1 aliphatic rings. The van der Waals surface area contributed by atoms with Crippen LogP contribution in [0.1, 0.15) is 17.5 Å². The maximum absolute atomic E-state index is 12.4.